The molecule has 0 aliphatic heterocycles. The molecule has 0 unspecified atom stereocenters. The van der Waals surface area contributed by atoms with Gasteiger partial charge in [0.05, 0.1) is 12.2 Å². The topological polar surface area (TPSA) is 64.2 Å². The van der Waals surface area contributed by atoms with Crippen LogP contribution in [0.1, 0.15) is 25.3 Å². The van der Waals surface area contributed by atoms with E-state index in [0.717, 1.165) is 18.4 Å². The molecule has 0 spiro atoms. The van der Waals surface area contributed by atoms with Gasteiger partial charge in [0.25, 0.3) is 0 Å². The lowest BCUT2D eigenvalue weighted by molar-refractivity contribution is -0.131. The third-order valence-corrected chi connectivity index (χ3v) is 2.47. The van der Waals surface area contributed by atoms with Gasteiger partial charge < -0.3 is 10.6 Å². The van der Waals surface area contributed by atoms with E-state index in [4.69, 9.17) is 5.73 Å². The summed E-state index contributed by atoms with van der Waals surface area (Å²) in [6.45, 7) is 2.58. The van der Waals surface area contributed by atoms with Crippen LogP contribution in [0.15, 0.2) is 12.4 Å². The van der Waals surface area contributed by atoms with Gasteiger partial charge in [0.2, 0.25) is 5.91 Å². The molecule has 1 rings (SSSR count). The molecule has 0 aromatic carbocycles. The fourth-order valence-corrected chi connectivity index (χ4v) is 1.62. The summed E-state index contributed by atoms with van der Waals surface area (Å²) in [6, 6.07) is -0.383. The van der Waals surface area contributed by atoms with E-state index in [2.05, 4.69) is 5.10 Å². The predicted octanol–water partition coefficient (Wildman–Crippen LogP) is 0.506. The lowest BCUT2D eigenvalue weighted by Crippen LogP contribution is -2.41. The Labute approximate surface area is 96.2 Å². The molecule has 2 N–H and O–H groups in total. The number of hydrogen-bond acceptors (Lipinski definition) is 3. The second-order valence-electron chi connectivity index (χ2n) is 4.11. The smallest absolute Gasteiger partial charge is 0.239 e. The minimum Gasteiger partial charge on any atom is -0.340 e. The van der Waals surface area contributed by atoms with E-state index in [1.807, 2.05) is 20.2 Å². The highest BCUT2D eigenvalue weighted by atomic mass is 16.2. The van der Waals surface area contributed by atoms with Crippen molar-refractivity contribution in [3.8, 4) is 0 Å². The molecule has 0 saturated heterocycles. The van der Waals surface area contributed by atoms with Crippen LogP contribution in [0.5, 0.6) is 0 Å². The van der Waals surface area contributed by atoms with Crippen molar-refractivity contribution >= 4 is 5.91 Å². The highest BCUT2D eigenvalue weighted by Crippen LogP contribution is 2.04. The van der Waals surface area contributed by atoms with Gasteiger partial charge in [0.15, 0.2) is 0 Å². The molecule has 5 nitrogen and oxygen atoms in total. The Morgan fingerprint density at radius 1 is 1.69 bits per heavy atom. The zero-order valence-corrected chi connectivity index (χ0v) is 10.2. The highest BCUT2D eigenvalue weighted by Gasteiger charge is 2.17. The SMILES string of the molecule is CCC[C@@H](N)C(=O)N(C)Cc1cnn(C)c1. The van der Waals surface area contributed by atoms with Crippen LogP contribution in [-0.4, -0.2) is 33.7 Å². The number of nitrogens with two attached hydrogens (primary N) is 1. The van der Waals surface area contributed by atoms with Crippen LogP contribution in [0.4, 0.5) is 0 Å². The molecule has 0 bridgehead atoms. The first-order chi connectivity index (χ1) is 7.54. The summed E-state index contributed by atoms with van der Waals surface area (Å²) in [5.74, 6) is -0.00861. The van der Waals surface area contributed by atoms with Gasteiger partial charge in [-0.2, -0.15) is 5.10 Å². The molecule has 0 fully saturated rings. The van der Waals surface area contributed by atoms with Crippen molar-refractivity contribution in [1.29, 1.82) is 0 Å². The van der Waals surface area contributed by atoms with Crippen molar-refractivity contribution in [2.45, 2.75) is 32.4 Å². The van der Waals surface area contributed by atoms with Gasteiger partial charge in [-0.3, -0.25) is 9.48 Å². The van der Waals surface area contributed by atoms with Crippen LogP contribution < -0.4 is 5.73 Å². The molecule has 1 aromatic heterocycles. The maximum Gasteiger partial charge on any atom is 0.239 e. The molecule has 0 aliphatic rings. The number of likely N-dealkylation sites (N-methyl/N-ethyl adjacent to an activating group) is 1. The number of hydrogen-bond donors (Lipinski definition) is 1. The average Bonchev–Trinajstić information content (AvgIpc) is 2.63. The van der Waals surface area contributed by atoms with Crippen molar-refractivity contribution in [3.63, 3.8) is 0 Å². The first-order valence-electron chi connectivity index (χ1n) is 5.52. The quantitative estimate of drug-likeness (QED) is 0.792. The molecule has 5 heteroatoms. The van der Waals surface area contributed by atoms with Crippen molar-refractivity contribution in [2.24, 2.45) is 12.8 Å². The van der Waals surface area contributed by atoms with Gasteiger partial charge in [-0.1, -0.05) is 13.3 Å². The number of aromatic nitrogens is 2. The second kappa shape index (κ2) is 5.65. The van der Waals surface area contributed by atoms with Gasteiger partial charge >= 0.3 is 0 Å². The monoisotopic (exact) mass is 224 g/mol. The van der Waals surface area contributed by atoms with Crippen molar-refractivity contribution in [2.75, 3.05) is 7.05 Å². The van der Waals surface area contributed by atoms with Gasteiger partial charge in [-0.05, 0) is 6.42 Å². The molecule has 0 saturated carbocycles. The molecular weight excluding hydrogens is 204 g/mol. The normalized spacial score (nSPS) is 12.5. The summed E-state index contributed by atoms with van der Waals surface area (Å²) in [5, 5.41) is 4.06. The standard InChI is InChI=1S/C11H20N4O/c1-4-5-10(12)11(16)14(2)7-9-6-13-15(3)8-9/h6,8,10H,4-5,7,12H2,1-3H3/t10-/m1/s1. The average molecular weight is 224 g/mol. The molecule has 0 radical (unpaired) electrons. The Balaban J connectivity index is 2.51. The van der Waals surface area contributed by atoms with Crippen molar-refractivity contribution in [3.05, 3.63) is 18.0 Å². The number of rotatable bonds is 5. The van der Waals surface area contributed by atoms with E-state index in [1.165, 1.54) is 0 Å². The van der Waals surface area contributed by atoms with Gasteiger partial charge in [-0.15, -0.1) is 0 Å². The molecule has 0 aliphatic carbocycles. The van der Waals surface area contributed by atoms with Crippen LogP contribution >= 0.6 is 0 Å². The van der Waals surface area contributed by atoms with Crippen LogP contribution in [0, 0.1) is 0 Å². The largest absolute Gasteiger partial charge is 0.340 e. The van der Waals surface area contributed by atoms with E-state index in [0.29, 0.717) is 6.54 Å². The van der Waals surface area contributed by atoms with E-state index in [-0.39, 0.29) is 11.9 Å². The fraction of sp³-hybridized carbons (Fsp3) is 0.636. The lowest BCUT2D eigenvalue weighted by Gasteiger charge is -2.20. The third kappa shape index (κ3) is 3.34. The van der Waals surface area contributed by atoms with E-state index < -0.39 is 0 Å². The first-order valence-corrected chi connectivity index (χ1v) is 5.52. The minimum atomic E-state index is -0.383. The van der Waals surface area contributed by atoms with Crippen LogP contribution in [0.25, 0.3) is 0 Å². The maximum atomic E-state index is 11.8. The Morgan fingerprint density at radius 2 is 2.38 bits per heavy atom. The maximum absolute atomic E-state index is 11.8. The number of nitrogens with zero attached hydrogens (tertiary/aromatic N) is 3. The molecule has 90 valence electrons. The Bertz CT molecular complexity index is 348. The predicted molar refractivity (Wildman–Crippen MR) is 62.6 cm³/mol. The summed E-state index contributed by atoms with van der Waals surface area (Å²) in [7, 11) is 3.62. The summed E-state index contributed by atoms with van der Waals surface area (Å²) in [6.07, 6.45) is 5.31. The third-order valence-electron chi connectivity index (χ3n) is 2.47. The minimum absolute atomic E-state index is 0.00861. The van der Waals surface area contributed by atoms with Gasteiger partial charge in [0, 0.05) is 32.4 Å². The molecular formula is C11H20N4O. The van der Waals surface area contributed by atoms with Crippen molar-refractivity contribution < 1.29 is 4.79 Å². The Kier molecular flexibility index (Phi) is 4.49. The number of carbonyl (C=O) groups is 1. The molecule has 1 amide bonds. The van der Waals surface area contributed by atoms with E-state index in [1.54, 1.807) is 22.8 Å². The van der Waals surface area contributed by atoms with Gasteiger partial charge in [-0.25, -0.2) is 0 Å². The molecule has 1 atom stereocenters. The van der Waals surface area contributed by atoms with Crippen LogP contribution in [-0.2, 0) is 18.4 Å². The zero-order valence-electron chi connectivity index (χ0n) is 10.2. The Hall–Kier alpha value is -1.36. The summed E-state index contributed by atoms with van der Waals surface area (Å²) < 4.78 is 1.72. The molecule has 16 heavy (non-hydrogen) atoms. The summed E-state index contributed by atoms with van der Waals surface area (Å²) in [4.78, 5) is 13.5. The molecule has 1 aromatic rings. The summed E-state index contributed by atoms with van der Waals surface area (Å²) >= 11 is 0. The molecule has 1 heterocycles. The van der Waals surface area contributed by atoms with Gasteiger partial charge in [0.1, 0.15) is 0 Å². The number of amides is 1. The zero-order chi connectivity index (χ0) is 12.1. The van der Waals surface area contributed by atoms with Crippen molar-refractivity contribution in [1.82, 2.24) is 14.7 Å². The summed E-state index contributed by atoms with van der Waals surface area (Å²) in [5.41, 5.74) is 6.79. The fourth-order valence-electron chi connectivity index (χ4n) is 1.62. The van der Waals surface area contributed by atoms with E-state index in [9.17, 15) is 4.79 Å². The highest BCUT2D eigenvalue weighted by molar-refractivity contribution is 5.81. The van der Waals surface area contributed by atoms with Crippen LogP contribution in [0.3, 0.4) is 0 Å². The van der Waals surface area contributed by atoms with Crippen LogP contribution in [0.2, 0.25) is 0 Å². The second-order valence-corrected chi connectivity index (χ2v) is 4.11. The first kappa shape index (κ1) is 12.7. The van der Waals surface area contributed by atoms with E-state index >= 15 is 0 Å². The number of carbonyl (C=O) groups excluding carboxylic acids is 1. The lowest BCUT2D eigenvalue weighted by atomic mass is 10.1. The Morgan fingerprint density at radius 3 is 2.88 bits per heavy atom. The number of aryl methyl sites for hydroxylation is 1.